The third-order valence-corrected chi connectivity index (χ3v) is 5.16. The van der Waals surface area contributed by atoms with E-state index in [0.29, 0.717) is 33.3 Å². The summed E-state index contributed by atoms with van der Waals surface area (Å²) in [5, 5.41) is 31.4. The number of carboxylic acids is 2. The van der Waals surface area contributed by atoms with Gasteiger partial charge in [0.25, 0.3) is 5.91 Å². The maximum absolute atomic E-state index is 12.6. The molecule has 0 spiro atoms. The van der Waals surface area contributed by atoms with Gasteiger partial charge in [-0.3, -0.25) is 4.79 Å². The van der Waals surface area contributed by atoms with Crippen LogP contribution in [0.25, 0.3) is 11.8 Å². The van der Waals surface area contributed by atoms with Crippen molar-refractivity contribution < 1.29 is 24.6 Å². The zero-order chi connectivity index (χ0) is 24.3. The summed E-state index contributed by atoms with van der Waals surface area (Å²) in [6.45, 7) is 3.47. The molecular formula is C24H18ClN3O5. The molecule has 8 nitrogen and oxygen atoms in total. The monoisotopic (exact) mass is 463 g/mol. The lowest BCUT2D eigenvalue weighted by molar-refractivity contribution is -0.112. The summed E-state index contributed by atoms with van der Waals surface area (Å²) < 4.78 is 1.66. The van der Waals surface area contributed by atoms with Crippen LogP contribution in [0.1, 0.15) is 37.7 Å². The number of aromatic nitrogens is 1. The number of carboxylic acid groups (broad SMARTS) is 2. The molecule has 0 atom stereocenters. The van der Waals surface area contributed by atoms with Gasteiger partial charge in [0.15, 0.2) is 0 Å². The summed E-state index contributed by atoms with van der Waals surface area (Å²) >= 11 is 5.84. The van der Waals surface area contributed by atoms with Gasteiger partial charge < -0.3 is 20.1 Å². The highest BCUT2D eigenvalue weighted by Crippen LogP contribution is 2.25. The zero-order valence-electron chi connectivity index (χ0n) is 17.6. The molecule has 1 aromatic heterocycles. The van der Waals surface area contributed by atoms with Crippen molar-refractivity contribution in [3.63, 3.8) is 0 Å². The molecule has 0 fully saturated rings. The number of nitrogens with zero attached hydrogens (tertiary/aromatic N) is 2. The van der Waals surface area contributed by atoms with E-state index in [1.807, 2.05) is 6.07 Å². The fraction of sp³-hybridized carbons (Fsp3) is 0.0833. The van der Waals surface area contributed by atoms with Gasteiger partial charge in [-0.05, 0) is 74.0 Å². The molecule has 1 heterocycles. The van der Waals surface area contributed by atoms with Gasteiger partial charge in [0.05, 0.1) is 11.1 Å². The molecule has 0 aliphatic carbocycles. The van der Waals surface area contributed by atoms with Crippen LogP contribution in [0.2, 0.25) is 5.02 Å². The van der Waals surface area contributed by atoms with Gasteiger partial charge in [-0.25, -0.2) is 9.59 Å². The third kappa shape index (κ3) is 5.11. The number of nitrogens with one attached hydrogen (secondary N) is 1. The van der Waals surface area contributed by atoms with Crippen LogP contribution < -0.4 is 5.32 Å². The Bertz CT molecular complexity index is 1320. The van der Waals surface area contributed by atoms with Crippen LogP contribution in [0.3, 0.4) is 0 Å². The molecule has 1 amide bonds. The molecule has 0 radical (unpaired) electrons. The Balaban J connectivity index is 2.02. The molecule has 0 aliphatic rings. The van der Waals surface area contributed by atoms with E-state index in [1.165, 1.54) is 18.2 Å². The molecule has 9 heteroatoms. The Labute approximate surface area is 194 Å². The minimum atomic E-state index is -1.26. The minimum absolute atomic E-state index is 0.143. The molecular weight excluding hydrogens is 446 g/mol. The summed E-state index contributed by atoms with van der Waals surface area (Å²) in [5.41, 5.74) is 2.13. The molecule has 0 saturated carbocycles. The number of carbonyl (C=O) groups is 3. The minimum Gasteiger partial charge on any atom is -0.478 e. The molecule has 2 aromatic carbocycles. The van der Waals surface area contributed by atoms with Gasteiger partial charge >= 0.3 is 11.9 Å². The van der Waals surface area contributed by atoms with Crippen LogP contribution in [-0.4, -0.2) is 32.6 Å². The van der Waals surface area contributed by atoms with E-state index in [-0.39, 0.29) is 16.7 Å². The normalized spacial score (nSPS) is 11.0. The third-order valence-electron chi connectivity index (χ3n) is 4.91. The van der Waals surface area contributed by atoms with E-state index in [2.05, 4.69) is 5.32 Å². The van der Waals surface area contributed by atoms with E-state index < -0.39 is 17.8 Å². The summed E-state index contributed by atoms with van der Waals surface area (Å²) in [7, 11) is 0. The molecule has 0 aliphatic heterocycles. The number of halogens is 1. The van der Waals surface area contributed by atoms with E-state index in [4.69, 9.17) is 11.6 Å². The second-order valence-electron chi connectivity index (χ2n) is 7.17. The maximum Gasteiger partial charge on any atom is 0.335 e. The highest BCUT2D eigenvalue weighted by atomic mass is 35.5. The highest BCUT2D eigenvalue weighted by Gasteiger charge is 2.17. The van der Waals surface area contributed by atoms with Crippen molar-refractivity contribution in [2.24, 2.45) is 0 Å². The predicted octanol–water partition coefficient (Wildman–Crippen LogP) is 4.69. The number of carbonyl (C=O) groups excluding carboxylic acids is 1. The molecule has 0 unspecified atom stereocenters. The van der Waals surface area contributed by atoms with Gasteiger partial charge in [0.2, 0.25) is 0 Å². The first kappa shape index (κ1) is 23.3. The van der Waals surface area contributed by atoms with Crippen LogP contribution in [0.4, 0.5) is 5.69 Å². The highest BCUT2D eigenvalue weighted by molar-refractivity contribution is 6.30. The average molecular weight is 464 g/mol. The van der Waals surface area contributed by atoms with Crippen LogP contribution in [0.5, 0.6) is 0 Å². The first-order chi connectivity index (χ1) is 15.6. The number of rotatable bonds is 6. The quantitative estimate of drug-likeness (QED) is 0.359. The standard InChI is InChI=1S/C24H18ClN3O5/c1-13-7-15(8-18(12-26)22(29)27-20-5-3-19(25)4-6-20)14(2)28(13)21-10-16(23(30)31)9-17(11-21)24(32)33/h3-11H,1-2H3,(H,27,29)(H,30,31)(H,32,33)/b18-8-. The summed E-state index contributed by atoms with van der Waals surface area (Å²) in [5.74, 6) is -3.12. The number of anilines is 1. The molecule has 0 bridgehead atoms. The molecule has 3 aromatic rings. The topological polar surface area (TPSA) is 132 Å². The molecule has 0 saturated heterocycles. The van der Waals surface area contributed by atoms with E-state index in [9.17, 15) is 29.9 Å². The lowest BCUT2D eigenvalue weighted by Gasteiger charge is -2.12. The van der Waals surface area contributed by atoms with Crippen LogP contribution in [-0.2, 0) is 4.79 Å². The number of amides is 1. The first-order valence-electron chi connectivity index (χ1n) is 9.60. The van der Waals surface area contributed by atoms with Gasteiger partial charge in [-0.15, -0.1) is 0 Å². The summed E-state index contributed by atoms with van der Waals surface area (Å²) in [4.78, 5) is 35.5. The summed E-state index contributed by atoms with van der Waals surface area (Å²) in [6, 6.07) is 13.8. The Morgan fingerprint density at radius 2 is 1.58 bits per heavy atom. The van der Waals surface area contributed by atoms with Crippen LogP contribution in [0.15, 0.2) is 54.1 Å². The van der Waals surface area contributed by atoms with Gasteiger partial charge in [-0.1, -0.05) is 11.6 Å². The van der Waals surface area contributed by atoms with E-state index in [1.54, 1.807) is 48.7 Å². The van der Waals surface area contributed by atoms with Crippen LogP contribution in [0, 0.1) is 25.2 Å². The molecule has 3 rings (SSSR count). The Hall–Kier alpha value is -4.35. The van der Waals surface area contributed by atoms with E-state index >= 15 is 0 Å². The second kappa shape index (κ2) is 9.42. The lowest BCUT2D eigenvalue weighted by Crippen LogP contribution is -2.13. The number of hydrogen-bond donors (Lipinski definition) is 3. The number of aryl methyl sites for hydroxylation is 1. The van der Waals surface area contributed by atoms with Crippen molar-refractivity contribution in [2.45, 2.75) is 13.8 Å². The molecule has 33 heavy (non-hydrogen) atoms. The van der Waals surface area contributed by atoms with Gasteiger partial charge in [0, 0.05) is 27.8 Å². The Kier molecular flexibility index (Phi) is 6.66. The molecule has 3 N–H and O–H groups in total. The van der Waals surface area contributed by atoms with Crippen molar-refractivity contribution in [1.29, 1.82) is 5.26 Å². The van der Waals surface area contributed by atoms with Crippen molar-refractivity contribution >= 4 is 41.2 Å². The van der Waals surface area contributed by atoms with Gasteiger partial charge in [0.1, 0.15) is 11.6 Å². The maximum atomic E-state index is 12.6. The predicted molar refractivity (Wildman–Crippen MR) is 123 cm³/mol. The number of nitriles is 1. The lowest BCUT2D eigenvalue weighted by atomic mass is 10.1. The number of benzene rings is 2. The van der Waals surface area contributed by atoms with E-state index in [0.717, 1.165) is 6.07 Å². The van der Waals surface area contributed by atoms with Crippen LogP contribution >= 0.6 is 11.6 Å². The van der Waals surface area contributed by atoms with Crippen molar-refractivity contribution in [2.75, 3.05) is 5.32 Å². The fourth-order valence-electron chi connectivity index (χ4n) is 3.35. The Morgan fingerprint density at radius 1 is 1.00 bits per heavy atom. The number of hydrogen-bond acceptors (Lipinski definition) is 4. The van der Waals surface area contributed by atoms with Crippen molar-refractivity contribution in [3.05, 3.63) is 87.2 Å². The van der Waals surface area contributed by atoms with Gasteiger partial charge in [-0.2, -0.15) is 5.26 Å². The zero-order valence-corrected chi connectivity index (χ0v) is 18.3. The van der Waals surface area contributed by atoms with Crippen molar-refractivity contribution in [3.8, 4) is 11.8 Å². The van der Waals surface area contributed by atoms with Crippen molar-refractivity contribution in [1.82, 2.24) is 4.57 Å². The average Bonchev–Trinajstić information content (AvgIpc) is 3.05. The summed E-state index contributed by atoms with van der Waals surface area (Å²) in [6.07, 6.45) is 1.42. The second-order valence-corrected chi connectivity index (χ2v) is 7.61. The largest absolute Gasteiger partial charge is 0.478 e. The molecule has 166 valence electrons. The smallest absolute Gasteiger partial charge is 0.335 e. The first-order valence-corrected chi connectivity index (χ1v) is 9.98. The SMILES string of the molecule is Cc1cc(/C=C(/C#N)C(=O)Nc2ccc(Cl)cc2)c(C)n1-c1cc(C(=O)O)cc(C(=O)O)c1. The fourth-order valence-corrected chi connectivity index (χ4v) is 3.48. The number of aromatic carboxylic acids is 2. The Morgan fingerprint density at radius 3 is 2.09 bits per heavy atom.